The van der Waals surface area contributed by atoms with E-state index in [9.17, 15) is 0 Å². The number of rotatable bonds is 6. The van der Waals surface area contributed by atoms with Crippen molar-refractivity contribution in [1.29, 1.82) is 0 Å². The van der Waals surface area contributed by atoms with Gasteiger partial charge in [-0.25, -0.2) is 0 Å². The molecule has 9 heteroatoms. The van der Waals surface area contributed by atoms with Gasteiger partial charge in [0.25, 0.3) is 0 Å². The first-order valence-electron chi connectivity index (χ1n) is 13.9. The minimum Gasteiger partial charge on any atom is -0.381 e. The monoisotopic (exact) mass is 562 g/mol. The number of nitrogens with zero attached hydrogens (tertiary/aromatic N) is 4. The van der Waals surface area contributed by atoms with Gasteiger partial charge in [-0.2, -0.15) is 9.97 Å². The Morgan fingerprint density at radius 1 is 0.897 bits per heavy atom. The molecule has 2 saturated heterocycles. The fourth-order valence-electron chi connectivity index (χ4n) is 5.96. The number of fused-ring (bicyclic) bond motifs is 1. The summed E-state index contributed by atoms with van der Waals surface area (Å²) in [6.07, 6.45) is 5.46. The van der Waals surface area contributed by atoms with Crippen LogP contribution in [-0.4, -0.2) is 47.9 Å². The summed E-state index contributed by atoms with van der Waals surface area (Å²) >= 11 is 12.1. The van der Waals surface area contributed by atoms with Crippen molar-refractivity contribution in [2.24, 2.45) is 0 Å². The molecule has 7 nitrogen and oxygen atoms in total. The van der Waals surface area contributed by atoms with Crippen molar-refractivity contribution in [2.45, 2.75) is 50.6 Å². The summed E-state index contributed by atoms with van der Waals surface area (Å²) in [6.45, 7) is 5.85. The SMILES string of the molecule is S=C(NCC1(c2cccc(Cl)c2)CCOCC1)Nc1nc(N2CCCCC2)cc(N2Cc3ccccc3C2)n1. The van der Waals surface area contributed by atoms with E-state index >= 15 is 0 Å². The first-order valence-corrected chi connectivity index (χ1v) is 14.7. The highest BCUT2D eigenvalue weighted by Crippen LogP contribution is 2.36. The lowest BCUT2D eigenvalue weighted by Gasteiger charge is -2.38. The highest BCUT2D eigenvalue weighted by atomic mass is 35.5. The van der Waals surface area contributed by atoms with E-state index in [1.165, 1.54) is 36.0 Å². The van der Waals surface area contributed by atoms with E-state index in [0.717, 1.165) is 68.9 Å². The maximum Gasteiger partial charge on any atom is 0.232 e. The zero-order valence-corrected chi connectivity index (χ0v) is 23.7. The highest BCUT2D eigenvalue weighted by molar-refractivity contribution is 7.80. The van der Waals surface area contributed by atoms with Crippen LogP contribution in [0, 0.1) is 0 Å². The second-order valence-electron chi connectivity index (χ2n) is 10.8. The number of hydrogen-bond acceptors (Lipinski definition) is 6. The van der Waals surface area contributed by atoms with E-state index < -0.39 is 0 Å². The molecule has 3 aliphatic rings. The van der Waals surface area contributed by atoms with Gasteiger partial charge in [-0.3, -0.25) is 0 Å². The maximum atomic E-state index is 6.36. The molecule has 1 aromatic heterocycles. The number of piperidine rings is 1. The standard InChI is InChI=1S/C30H35ClN6OS/c31-25-10-6-9-24(17-25)30(11-15-38-16-12-30)21-32-29(39)35-28-33-26(36-13-4-1-5-14-36)18-27(34-28)37-19-22-7-2-3-8-23(22)20-37/h2-3,6-10,17-18H,1,4-5,11-16,19-21H2,(H2,32,33,34,35,39). The highest BCUT2D eigenvalue weighted by Gasteiger charge is 2.35. The smallest absolute Gasteiger partial charge is 0.232 e. The van der Waals surface area contributed by atoms with E-state index in [1.54, 1.807) is 0 Å². The molecule has 0 saturated carbocycles. The first kappa shape index (κ1) is 26.3. The van der Waals surface area contributed by atoms with Crippen molar-refractivity contribution < 1.29 is 4.74 Å². The van der Waals surface area contributed by atoms with Crippen molar-refractivity contribution in [2.75, 3.05) is 48.0 Å². The summed E-state index contributed by atoms with van der Waals surface area (Å²) in [7, 11) is 0. The molecule has 2 aromatic carbocycles. The predicted octanol–water partition coefficient (Wildman–Crippen LogP) is 5.68. The molecule has 0 aliphatic carbocycles. The zero-order valence-electron chi connectivity index (χ0n) is 22.2. The molecule has 0 unspecified atom stereocenters. The van der Waals surface area contributed by atoms with Crippen LogP contribution < -0.4 is 20.4 Å². The fourth-order valence-corrected chi connectivity index (χ4v) is 6.32. The van der Waals surface area contributed by atoms with Crippen LogP contribution in [0.25, 0.3) is 0 Å². The Hall–Kier alpha value is -2.94. The van der Waals surface area contributed by atoms with Gasteiger partial charge in [-0.15, -0.1) is 0 Å². The number of anilines is 3. The zero-order chi connectivity index (χ0) is 26.7. The number of thiocarbonyl (C=S) groups is 1. The van der Waals surface area contributed by atoms with Gasteiger partial charge in [0.1, 0.15) is 11.6 Å². The molecule has 2 N–H and O–H groups in total. The topological polar surface area (TPSA) is 65.6 Å². The van der Waals surface area contributed by atoms with Crippen LogP contribution in [0.5, 0.6) is 0 Å². The lowest BCUT2D eigenvalue weighted by Crippen LogP contribution is -2.45. The van der Waals surface area contributed by atoms with E-state index in [-0.39, 0.29) is 5.41 Å². The Balaban J connectivity index is 1.21. The van der Waals surface area contributed by atoms with Crippen LogP contribution in [0.1, 0.15) is 48.8 Å². The van der Waals surface area contributed by atoms with Gasteiger partial charge >= 0.3 is 0 Å². The lowest BCUT2D eigenvalue weighted by atomic mass is 9.74. The second kappa shape index (κ2) is 11.7. The van der Waals surface area contributed by atoms with Gasteiger partial charge in [-0.1, -0.05) is 48.0 Å². The van der Waals surface area contributed by atoms with Crippen LogP contribution >= 0.6 is 23.8 Å². The molecule has 0 radical (unpaired) electrons. The largest absolute Gasteiger partial charge is 0.381 e. The Kier molecular flexibility index (Phi) is 7.86. The summed E-state index contributed by atoms with van der Waals surface area (Å²) in [6, 6.07) is 18.9. The molecule has 0 spiro atoms. The van der Waals surface area contributed by atoms with Crippen LogP contribution in [0.4, 0.5) is 17.6 Å². The summed E-state index contributed by atoms with van der Waals surface area (Å²) < 4.78 is 5.70. The predicted molar refractivity (Wildman–Crippen MR) is 162 cm³/mol. The number of benzene rings is 2. The fraction of sp³-hybridized carbons (Fsp3) is 0.433. The van der Waals surface area contributed by atoms with Crippen LogP contribution in [0.3, 0.4) is 0 Å². The minimum absolute atomic E-state index is 0.0993. The van der Waals surface area contributed by atoms with Gasteiger partial charge in [0.05, 0.1) is 0 Å². The second-order valence-corrected chi connectivity index (χ2v) is 11.6. The maximum absolute atomic E-state index is 6.36. The molecule has 204 valence electrons. The molecule has 2 fully saturated rings. The number of aromatic nitrogens is 2. The third kappa shape index (κ3) is 5.98. The van der Waals surface area contributed by atoms with Crippen LogP contribution in [0.2, 0.25) is 5.02 Å². The third-order valence-electron chi connectivity index (χ3n) is 8.24. The average molecular weight is 563 g/mol. The molecule has 0 amide bonds. The molecule has 4 heterocycles. The quantitative estimate of drug-likeness (QED) is 0.372. The van der Waals surface area contributed by atoms with Crippen LogP contribution in [-0.2, 0) is 23.2 Å². The average Bonchev–Trinajstić information content (AvgIpc) is 3.42. The van der Waals surface area contributed by atoms with Gasteiger partial charge in [0.15, 0.2) is 5.11 Å². The molecular weight excluding hydrogens is 528 g/mol. The normalized spacial score (nSPS) is 18.5. The summed E-state index contributed by atoms with van der Waals surface area (Å²) in [4.78, 5) is 14.5. The molecule has 3 aliphatic heterocycles. The van der Waals surface area contributed by atoms with Gasteiger partial charge in [0.2, 0.25) is 5.95 Å². The molecule has 0 bridgehead atoms. The summed E-state index contributed by atoms with van der Waals surface area (Å²) in [5.74, 6) is 2.41. The van der Waals surface area contributed by atoms with Crippen molar-refractivity contribution in [3.63, 3.8) is 0 Å². The van der Waals surface area contributed by atoms with Crippen LogP contribution in [0.15, 0.2) is 54.6 Å². The number of nitrogens with one attached hydrogen (secondary N) is 2. The number of hydrogen-bond donors (Lipinski definition) is 2. The number of halogens is 1. The van der Waals surface area contributed by atoms with Gasteiger partial charge in [0, 0.05) is 62.4 Å². The molecule has 6 rings (SSSR count). The summed E-state index contributed by atoms with van der Waals surface area (Å²) in [5.41, 5.74) is 3.82. The van der Waals surface area contributed by atoms with Crippen molar-refractivity contribution in [1.82, 2.24) is 15.3 Å². The van der Waals surface area contributed by atoms with Crippen molar-refractivity contribution >= 4 is 46.5 Å². The van der Waals surface area contributed by atoms with E-state index in [0.29, 0.717) is 17.6 Å². The Morgan fingerprint density at radius 3 is 2.28 bits per heavy atom. The Labute approximate surface area is 240 Å². The van der Waals surface area contributed by atoms with Crippen molar-refractivity contribution in [3.8, 4) is 0 Å². The lowest BCUT2D eigenvalue weighted by molar-refractivity contribution is 0.0515. The third-order valence-corrected chi connectivity index (χ3v) is 8.73. The van der Waals surface area contributed by atoms with Gasteiger partial charge in [-0.05, 0) is 73.1 Å². The molecule has 0 atom stereocenters. The first-order chi connectivity index (χ1) is 19.1. The van der Waals surface area contributed by atoms with E-state index in [4.69, 9.17) is 38.5 Å². The molecular formula is C30H35ClN6OS. The van der Waals surface area contributed by atoms with Crippen molar-refractivity contribution in [3.05, 3.63) is 76.3 Å². The Morgan fingerprint density at radius 2 is 1.59 bits per heavy atom. The molecule has 39 heavy (non-hydrogen) atoms. The Bertz CT molecular complexity index is 1300. The number of ether oxygens (including phenoxy) is 1. The van der Waals surface area contributed by atoms with E-state index in [1.807, 2.05) is 12.1 Å². The molecule has 3 aromatic rings. The van der Waals surface area contributed by atoms with Gasteiger partial charge < -0.3 is 25.2 Å². The minimum atomic E-state index is -0.0993. The van der Waals surface area contributed by atoms with E-state index in [2.05, 4.69) is 62.9 Å². The summed E-state index contributed by atoms with van der Waals surface area (Å²) in [5, 5.41) is 8.06.